The van der Waals surface area contributed by atoms with Crippen LogP contribution in [0.2, 0.25) is 0 Å². The molecular weight excluding hydrogens is 853 g/mol. The van der Waals surface area contributed by atoms with Crippen molar-refractivity contribution in [1.29, 1.82) is 0 Å². The number of nitrogens with two attached hydrogens (primary N) is 1. The van der Waals surface area contributed by atoms with Crippen molar-refractivity contribution in [3.05, 3.63) is 138 Å². The van der Waals surface area contributed by atoms with Gasteiger partial charge >= 0.3 is 6.08 Å². The van der Waals surface area contributed by atoms with Crippen molar-refractivity contribution in [2.45, 2.75) is 25.3 Å². The lowest BCUT2D eigenvalue weighted by atomic mass is 10.1. The van der Waals surface area contributed by atoms with Gasteiger partial charge in [0.05, 0.1) is 43.6 Å². The van der Waals surface area contributed by atoms with Crippen LogP contribution in [0.25, 0.3) is 10.8 Å². The van der Waals surface area contributed by atoms with Crippen LogP contribution in [0, 0.1) is 13.8 Å². The third kappa shape index (κ3) is 10.1. The van der Waals surface area contributed by atoms with E-state index in [0.29, 0.717) is 90.1 Å². The molecule has 65 heavy (non-hydrogen) atoms. The van der Waals surface area contributed by atoms with Crippen molar-refractivity contribution in [3.8, 4) is 17.2 Å². The number of ether oxygens (including phenoxy) is 2. The van der Waals surface area contributed by atoms with E-state index in [1.54, 1.807) is 110 Å². The summed E-state index contributed by atoms with van der Waals surface area (Å²) in [6, 6.07) is 32.5. The lowest BCUT2D eigenvalue weighted by Gasteiger charge is -2.10. The molecular formula is C46H39N10O8S+. The molecule has 7 aromatic rings. The minimum absolute atomic E-state index is 0.0171. The predicted molar refractivity (Wildman–Crippen MR) is 244 cm³/mol. The number of anilines is 1. The van der Waals surface area contributed by atoms with Crippen molar-refractivity contribution in [1.82, 2.24) is 4.58 Å². The third-order valence-corrected chi connectivity index (χ3v) is 10.8. The van der Waals surface area contributed by atoms with Gasteiger partial charge in [-0.2, -0.15) is 33.7 Å². The normalized spacial score (nSPS) is 11.9. The first-order valence-corrected chi connectivity index (χ1v) is 20.9. The number of benzene rings is 7. The van der Waals surface area contributed by atoms with Crippen LogP contribution in [0.3, 0.4) is 0 Å². The summed E-state index contributed by atoms with van der Waals surface area (Å²) >= 11 is 0. The Balaban J connectivity index is 1.08. The fourth-order valence-corrected chi connectivity index (χ4v) is 7.09. The zero-order chi connectivity index (χ0) is 46.3. The van der Waals surface area contributed by atoms with Crippen LogP contribution < -0.4 is 19.8 Å². The Hall–Kier alpha value is -8.35. The highest BCUT2D eigenvalue weighted by molar-refractivity contribution is 7.86. The van der Waals surface area contributed by atoms with Gasteiger partial charge in [-0.25, -0.2) is 0 Å². The molecule has 0 bridgehead atoms. The number of hydrogen-bond donors (Lipinski definition) is 4. The summed E-state index contributed by atoms with van der Waals surface area (Å²) in [5, 5.41) is 57.0. The quantitative estimate of drug-likeness (QED) is 0.0202. The molecule has 0 spiro atoms. The van der Waals surface area contributed by atoms with Gasteiger partial charge in [-0.3, -0.25) is 4.55 Å². The van der Waals surface area contributed by atoms with E-state index in [4.69, 9.17) is 15.2 Å². The van der Waals surface area contributed by atoms with Gasteiger partial charge in [-0.05, 0) is 97.1 Å². The maximum absolute atomic E-state index is 11.9. The Labute approximate surface area is 371 Å². The molecule has 0 saturated carbocycles. The van der Waals surface area contributed by atoms with Gasteiger partial charge in [-0.1, -0.05) is 22.8 Å². The van der Waals surface area contributed by atoms with Crippen molar-refractivity contribution in [2.24, 2.45) is 40.9 Å². The Morgan fingerprint density at radius 1 is 0.615 bits per heavy atom. The van der Waals surface area contributed by atoms with E-state index >= 15 is 0 Å². The number of phenolic OH excluding ortho intramolecular Hbond substituents is 1. The van der Waals surface area contributed by atoms with E-state index in [-0.39, 0.29) is 22.0 Å². The number of aliphatic hydroxyl groups is 1. The number of fused-ring (bicyclic) bond motifs is 1. The van der Waals surface area contributed by atoms with Crippen LogP contribution >= 0.6 is 0 Å². The molecule has 0 fully saturated rings. The van der Waals surface area contributed by atoms with E-state index in [9.17, 15) is 28.0 Å². The number of methoxy groups -OCH3 is 2. The van der Waals surface area contributed by atoms with Crippen LogP contribution in [0.15, 0.2) is 167 Å². The standard InChI is InChI=1S/C46H38N10O8S/c1-27-19-32(12-18-36(27)49-50-37-7-5-6-8-45(37)65(60,61)62)48-53-40-24-44(64-4)42(22-30(40)25-57)55-52-39-23-43(63-3)41(20-28(39)2)54-51-38-17-9-29-21-34(15-16-35(29)46(38)59)56(26-58)33-13-10-31(47)11-14-33/h5-24,57H,25,47H2,1-4H3,(H-,48,50,54,55,59,60,61,62)/p+1. The smallest absolute Gasteiger partial charge is 0.437 e. The van der Waals surface area contributed by atoms with Gasteiger partial charge in [0.25, 0.3) is 10.1 Å². The predicted octanol–water partition coefficient (Wildman–Crippen LogP) is 12.3. The van der Waals surface area contributed by atoms with E-state index < -0.39 is 16.7 Å². The van der Waals surface area contributed by atoms with Gasteiger partial charge in [0.1, 0.15) is 39.1 Å². The van der Waals surface area contributed by atoms with E-state index in [2.05, 4.69) is 40.9 Å². The SMILES string of the molecule is COc1cc(N=Nc2ccc(N=Nc3ccccc3S(=O)(=O)O)c(C)c2)c(CO)cc1N=Nc1cc(OC)c(N=Nc2ccc3cc([N+](=C=O)c4ccc(N)cc4)ccc3c2O)cc1C. The van der Waals surface area contributed by atoms with Crippen LogP contribution in [0.4, 0.5) is 62.6 Å². The molecule has 18 nitrogen and oxygen atoms in total. The third-order valence-electron chi connectivity index (χ3n) is 9.90. The molecule has 0 heterocycles. The molecule has 7 aromatic carbocycles. The van der Waals surface area contributed by atoms with Gasteiger partial charge in [-0.15, -0.1) is 20.5 Å². The first-order valence-electron chi connectivity index (χ1n) is 19.4. The molecule has 0 atom stereocenters. The fourth-order valence-electron chi connectivity index (χ4n) is 6.47. The molecule has 7 rings (SSSR count). The molecule has 5 N–H and O–H groups in total. The van der Waals surface area contributed by atoms with Crippen molar-refractivity contribution >= 4 is 89.5 Å². The number of aryl methyl sites for hydroxylation is 2. The molecule has 0 aromatic heterocycles. The first-order chi connectivity index (χ1) is 31.3. The zero-order valence-electron chi connectivity index (χ0n) is 35.1. The number of carbonyl (C=O) groups excluding carboxylic acids is 1. The minimum Gasteiger partial charge on any atom is -0.505 e. The second kappa shape index (κ2) is 19.4. The monoisotopic (exact) mass is 891 g/mol. The summed E-state index contributed by atoms with van der Waals surface area (Å²) in [4.78, 5) is 11.5. The molecule has 0 aliphatic heterocycles. The number of azo groups is 4. The molecule has 0 amide bonds. The maximum Gasteiger partial charge on any atom is 0.437 e. The summed E-state index contributed by atoms with van der Waals surface area (Å²) in [5.41, 5.74) is 11.7. The van der Waals surface area contributed by atoms with Gasteiger partial charge in [0.15, 0.2) is 5.75 Å². The molecule has 19 heteroatoms. The average Bonchev–Trinajstić information content (AvgIpc) is 3.30. The summed E-state index contributed by atoms with van der Waals surface area (Å²) < 4.78 is 45.5. The van der Waals surface area contributed by atoms with Gasteiger partial charge in [0, 0.05) is 53.0 Å². The number of phenols is 1. The summed E-state index contributed by atoms with van der Waals surface area (Å²) in [7, 11) is -1.56. The topological polar surface area (TPSA) is 258 Å². The number of hydrogen-bond acceptors (Lipinski definition) is 16. The lowest BCUT2D eigenvalue weighted by molar-refractivity contribution is 0.282. The highest BCUT2D eigenvalue weighted by atomic mass is 32.2. The molecule has 0 aliphatic rings. The maximum atomic E-state index is 11.9. The number of aromatic hydroxyl groups is 1. The van der Waals surface area contributed by atoms with Crippen molar-refractivity contribution < 1.29 is 37.5 Å². The van der Waals surface area contributed by atoms with Crippen LogP contribution in [-0.4, -0.2) is 43.5 Å². The van der Waals surface area contributed by atoms with E-state index in [1.807, 2.05) is 13.0 Å². The van der Waals surface area contributed by atoms with Gasteiger partial charge < -0.3 is 25.4 Å². The molecule has 0 radical (unpaired) electrons. The second-order valence-corrected chi connectivity index (χ2v) is 15.6. The van der Waals surface area contributed by atoms with Crippen molar-refractivity contribution in [2.75, 3.05) is 20.0 Å². The number of nitrogens with zero attached hydrogens (tertiary/aromatic N) is 9. The minimum atomic E-state index is -4.49. The Morgan fingerprint density at radius 2 is 1.20 bits per heavy atom. The molecule has 0 aliphatic carbocycles. The van der Waals surface area contributed by atoms with E-state index in [1.165, 1.54) is 37.0 Å². The largest absolute Gasteiger partial charge is 0.505 e. The summed E-state index contributed by atoms with van der Waals surface area (Å²) in [5.74, 6) is 0.532. The second-order valence-electron chi connectivity index (χ2n) is 14.2. The molecule has 0 unspecified atom stereocenters. The average molecular weight is 892 g/mol. The Morgan fingerprint density at radius 3 is 1.88 bits per heavy atom. The number of rotatable bonds is 14. The summed E-state index contributed by atoms with van der Waals surface area (Å²) in [6.07, 6.45) is 1.93. The number of nitrogen functional groups attached to an aromatic ring is 1. The Bertz CT molecular complexity index is 3260. The molecule has 326 valence electrons. The fraction of sp³-hybridized carbons (Fsp3) is 0.109. The highest BCUT2D eigenvalue weighted by Crippen LogP contribution is 2.42. The highest BCUT2D eigenvalue weighted by Gasteiger charge is 2.18. The number of aliphatic hydroxyl groups excluding tert-OH is 1. The first kappa shape index (κ1) is 44.7. The summed E-state index contributed by atoms with van der Waals surface area (Å²) in [6.45, 7) is 3.18. The van der Waals surface area contributed by atoms with E-state index in [0.717, 1.165) is 0 Å². The molecule has 0 saturated heterocycles. The number of isocyanates is 1. The zero-order valence-corrected chi connectivity index (χ0v) is 36.0. The van der Waals surface area contributed by atoms with Crippen LogP contribution in [0.5, 0.6) is 17.2 Å². The lowest BCUT2D eigenvalue weighted by Crippen LogP contribution is -2.01. The Kier molecular flexibility index (Phi) is 13.3. The van der Waals surface area contributed by atoms with Crippen LogP contribution in [0.1, 0.15) is 16.7 Å². The van der Waals surface area contributed by atoms with Crippen molar-refractivity contribution in [3.63, 3.8) is 0 Å². The van der Waals surface area contributed by atoms with Gasteiger partial charge in [0.2, 0.25) is 11.4 Å². The van der Waals surface area contributed by atoms with Crippen LogP contribution in [-0.2, 0) is 21.5 Å².